The zero-order chi connectivity index (χ0) is 16.6. The van der Waals surface area contributed by atoms with Crippen molar-refractivity contribution >= 4 is 34.7 Å². The minimum atomic E-state index is -0.490. The largest absolute Gasteiger partial charge is 0.444 e. The summed E-state index contributed by atoms with van der Waals surface area (Å²) < 4.78 is 5.40. The lowest BCUT2D eigenvalue weighted by Gasteiger charge is -2.36. The number of nitrogens with one attached hydrogen (secondary N) is 1. The Hall–Kier alpha value is -2.09. The molecule has 0 aromatic carbocycles. The smallest absolute Gasteiger partial charge is 0.410 e. The normalized spacial score (nSPS) is 16.0. The molecule has 1 fully saturated rings. The van der Waals surface area contributed by atoms with Crippen molar-refractivity contribution in [3.05, 3.63) is 11.6 Å². The maximum atomic E-state index is 12.1. The molecule has 0 unspecified atom stereocenters. The van der Waals surface area contributed by atoms with Gasteiger partial charge in [-0.15, -0.1) is 0 Å². The average molecular weight is 339 g/mol. The Bertz CT molecular complexity index is 718. The number of aromatic nitrogens is 4. The van der Waals surface area contributed by atoms with Crippen LogP contribution in [-0.2, 0) is 4.74 Å². The molecule has 3 heterocycles. The minimum absolute atomic E-state index is 0.173. The van der Waals surface area contributed by atoms with E-state index in [1.54, 1.807) is 11.2 Å². The van der Waals surface area contributed by atoms with E-state index in [1.165, 1.54) is 0 Å². The van der Waals surface area contributed by atoms with E-state index < -0.39 is 5.60 Å². The summed E-state index contributed by atoms with van der Waals surface area (Å²) in [5.74, 6) is 0.685. The maximum Gasteiger partial charge on any atom is 0.410 e. The number of rotatable bonds is 1. The minimum Gasteiger partial charge on any atom is -0.444 e. The van der Waals surface area contributed by atoms with Crippen molar-refractivity contribution in [3.63, 3.8) is 0 Å². The van der Waals surface area contributed by atoms with Crippen LogP contribution < -0.4 is 4.90 Å². The summed E-state index contributed by atoms with van der Waals surface area (Å²) in [5, 5.41) is 0.173. The van der Waals surface area contributed by atoms with E-state index in [0.717, 1.165) is 0 Å². The summed E-state index contributed by atoms with van der Waals surface area (Å²) in [6, 6.07) is 0. The van der Waals surface area contributed by atoms with Crippen molar-refractivity contribution < 1.29 is 9.53 Å². The number of H-pyrrole nitrogens is 1. The number of carbonyl (C=O) groups excluding carboxylic acids is 1. The number of amides is 1. The van der Waals surface area contributed by atoms with Crippen LogP contribution in [0.1, 0.15) is 20.8 Å². The first-order valence-corrected chi connectivity index (χ1v) is 7.81. The molecule has 1 amide bonds. The lowest BCUT2D eigenvalue weighted by atomic mass is 10.2. The third kappa shape index (κ3) is 3.47. The standard InChI is InChI=1S/C14H19ClN6O2/c1-14(2,3)23-13(22)21-6-4-20(5-7-21)11-9-10(17-8-16-9)18-12(15)19-11/h8H,4-7H2,1-3H3,(H,16,17,18,19). The van der Waals surface area contributed by atoms with Crippen molar-refractivity contribution in [2.75, 3.05) is 31.1 Å². The topological polar surface area (TPSA) is 87.2 Å². The Labute approximate surface area is 138 Å². The van der Waals surface area contributed by atoms with Crippen LogP contribution in [0.5, 0.6) is 0 Å². The molecule has 2 aromatic heterocycles. The van der Waals surface area contributed by atoms with Gasteiger partial charge in [-0.25, -0.2) is 9.78 Å². The van der Waals surface area contributed by atoms with E-state index in [9.17, 15) is 4.79 Å². The molecule has 1 saturated heterocycles. The summed E-state index contributed by atoms with van der Waals surface area (Å²) in [6.45, 7) is 7.96. The highest BCUT2D eigenvalue weighted by atomic mass is 35.5. The van der Waals surface area contributed by atoms with Crippen LogP contribution in [0.2, 0.25) is 5.28 Å². The number of carbonyl (C=O) groups is 1. The SMILES string of the molecule is CC(C)(C)OC(=O)N1CCN(c2nc(Cl)nc3[nH]cnc23)CC1. The molecule has 1 N–H and O–H groups in total. The fourth-order valence-corrected chi connectivity index (χ4v) is 2.61. The quantitative estimate of drug-likeness (QED) is 0.801. The van der Waals surface area contributed by atoms with E-state index in [0.29, 0.717) is 43.2 Å². The van der Waals surface area contributed by atoms with Gasteiger partial charge >= 0.3 is 6.09 Å². The molecule has 3 rings (SSSR count). The molecule has 0 saturated carbocycles. The van der Waals surface area contributed by atoms with Crippen LogP contribution in [-0.4, -0.2) is 62.7 Å². The molecule has 0 aliphatic carbocycles. The van der Waals surface area contributed by atoms with E-state index in [4.69, 9.17) is 16.3 Å². The van der Waals surface area contributed by atoms with Gasteiger partial charge in [0.2, 0.25) is 5.28 Å². The van der Waals surface area contributed by atoms with Crippen LogP contribution in [0.25, 0.3) is 11.2 Å². The lowest BCUT2D eigenvalue weighted by molar-refractivity contribution is 0.0240. The van der Waals surface area contributed by atoms with Crippen LogP contribution in [0.3, 0.4) is 0 Å². The first-order chi connectivity index (χ1) is 10.8. The third-order valence-corrected chi connectivity index (χ3v) is 3.63. The second-order valence-corrected chi connectivity index (χ2v) is 6.71. The van der Waals surface area contributed by atoms with Crippen LogP contribution in [0.4, 0.5) is 10.6 Å². The van der Waals surface area contributed by atoms with Crippen LogP contribution in [0.15, 0.2) is 6.33 Å². The molecule has 1 aliphatic rings. The highest BCUT2D eigenvalue weighted by molar-refractivity contribution is 6.28. The number of nitrogens with zero attached hydrogens (tertiary/aromatic N) is 5. The van der Waals surface area contributed by atoms with Crippen LogP contribution in [0, 0.1) is 0 Å². The predicted octanol–water partition coefficient (Wildman–Crippen LogP) is 2.06. The molecule has 124 valence electrons. The Balaban J connectivity index is 1.71. The lowest BCUT2D eigenvalue weighted by Crippen LogP contribution is -2.50. The van der Waals surface area contributed by atoms with Gasteiger partial charge in [0, 0.05) is 26.2 Å². The number of halogens is 1. The molecule has 1 aliphatic heterocycles. The van der Waals surface area contributed by atoms with Gasteiger partial charge in [0.1, 0.15) is 5.60 Å². The Morgan fingerprint density at radius 1 is 1.26 bits per heavy atom. The van der Waals surface area contributed by atoms with Gasteiger partial charge in [-0.3, -0.25) is 0 Å². The number of ether oxygens (including phenoxy) is 1. The number of hydrogen-bond donors (Lipinski definition) is 1. The molecule has 23 heavy (non-hydrogen) atoms. The fraction of sp³-hybridized carbons (Fsp3) is 0.571. The van der Waals surface area contributed by atoms with E-state index >= 15 is 0 Å². The number of hydrogen-bond acceptors (Lipinski definition) is 6. The van der Waals surface area contributed by atoms with E-state index in [2.05, 4.69) is 24.8 Å². The highest BCUT2D eigenvalue weighted by Gasteiger charge is 2.27. The molecule has 0 radical (unpaired) electrons. The van der Waals surface area contributed by atoms with Gasteiger partial charge in [-0.2, -0.15) is 9.97 Å². The molecule has 0 spiro atoms. The highest BCUT2D eigenvalue weighted by Crippen LogP contribution is 2.24. The van der Waals surface area contributed by atoms with Crippen LogP contribution >= 0.6 is 11.6 Å². The zero-order valence-electron chi connectivity index (χ0n) is 13.3. The summed E-state index contributed by atoms with van der Waals surface area (Å²) in [4.78, 5) is 31.4. The summed E-state index contributed by atoms with van der Waals surface area (Å²) >= 11 is 5.97. The zero-order valence-corrected chi connectivity index (χ0v) is 14.1. The first kappa shape index (κ1) is 15.8. The van der Waals surface area contributed by atoms with Crippen molar-refractivity contribution in [2.45, 2.75) is 26.4 Å². The number of imidazole rings is 1. The van der Waals surface area contributed by atoms with Crippen molar-refractivity contribution in [3.8, 4) is 0 Å². The van der Waals surface area contributed by atoms with Gasteiger partial charge in [0.25, 0.3) is 0 Å². The second kappa shape index (κ2) is 5.84. The van der Waals surface area contributed by atoms with Gasteiger partial charge in [-0.05, 0) is 32.4 Å². The Kier molecular flexibility index (Phi) is 4.01. The van der Waals surface area contributed by atoms with Gasteiger partial charge in [0.15, 0.2) is 17.0 Å². The number of piperazine rings is 1. The maximum absolute atomic E-state index is 12.1. The molecular formula is C14H19ClN6O2. The van der Waals surface area contributed by atoms with E-state index in [-0.39, 0.29) is 11.4 Å². The monoisotopic (exact) mass is 338 g/mol. The van der Waals surface area contributed by atoms with Gasteiger partial charge in [0.05, 0.1) is 6.33 Å². The molecular weight excluding hydrogens is 320 g/mol. The third-order valence-electron chi connectivity index (χ3n) is 3.46. The predicted molar refractivity (Wildman–Crippen MR) is 86.7 cm³/mol. The fourth-order valence-electron chi connectivity index (χ4n) is 2.44. The molecule has 0 bridgehead atoms. The molecule has 9 heteroatoms. The molecule has 0 atom stereocenters. The van der Waals surface area contributed by atoms with Gasteiger partial charge in [-0.1, -0.05) is 0 Å². The second-order valence-electron chi connectivity index (χ2n) is 6.37. The molecule has 8 nitrogen and oxygen atoms in total. The summed E-state index contributed by atoms with van der Waals surface area (Å²) in [7, 11) is 0. The number of anilines is 1. The van der Waals surface area contributed by atoms with E-state index in [1.807, 2.05) is 20.8 Å². The average Bonchev–Trinajstić information content (AvgIpc) is 2.93. The summed E-state index contributed by atoms with van der Waals surface area (Å²) in [5.41, 5.74) is 0.796. The summed E-state index contributed by atoms with van der Waals surface area (Å²) in [6.07, 6.45) is 1.28. The molecule has 2 aromatic rings. The van der Waals surface area contributed by atoms with Crippen molar-refractivity contribution in [2.24, 2.45) is 0 Å². The Morgan fingerprint density at radius 2 is 1.96 bits per heavy atom. The Morgan fingerprint density at radius 3 is 2.61 bits per heavy atom. The van der Waals surface area contributed by atoms with Crippen molar-refractivity contribution in [1.29, 1.82) is 0 Å². The number of aromatic amines is 1. The van der Waals surface area contributed by atoms with Gasteiger partial charge < -0.3 is 19.5 Å². The van der Waals surface area contributed by atoms with Crippen molar-refractivity contribution in [1.82, 2.24) is 24.8 Å². The first-order valence-electron chi connectivity index (χ1n) is 7.43. The number of fused-ring (bicyclic) bond motifs is 1.